The number of fused-ring (bicyclic) bond motifs is 1. The summed E-state index contributed by atoms with van der Waals surface area (Å²) in [6.07, 6.45) is 0.0976. The number of ether oxygens (including phenoxy) is 3. The minimum atomic E-state index is -0.434. The van der Waals surface area contributed by atoms with E-state index in [4.69, 9.17) is 14.2 Å². The lowest BCUT2D eigenvalue weighted by Crippen LogP contribution is -2.32. The minimum absolute atomic E-state index is 0.0784. The average Bonchev–Trinajstić information content (AvgIpc) is 3.18. The quantitative estimate of drug-likeness (QED) is 0.554. The van der Waals surface area contributed by atoms with Gasteiger partial charge in [-0.25, -0.2) is 0 Å². The molecule has 4 rings (SSSR count). The molecule has 3 aromatic rings. The standard InChI is InChI=1S/C26H26N2O5/c1-31-20-11-8-17(9-12-20)22(28-16-18-6-4-5-7-21(18)26(28)30)15-25(29)27-19-10-13-23(32-2)24(14-19)33-3/h4-14,22H,15-16H2,1-3H3,(H,27,29)/t22-/m0/s1. The van der Waals surface area contributed by atoms with E-state index in [-0.39, 0.29) is 18.2 Å². The van der Waals surface area contributed by atoms with Gasteiger partial charge in [0, 0.05) is 23.9 Å². The van der Waals surface area contributed by atoms with E-state index in [0.717, 1.165) is 11.1 Å². The zero-order valence-corrected chi connectivity index (χ0v) is 18.8. The monoisotopic (exact) mass is 446 g/mol. The van der Waals surface area contributed by atoms with E-state index in [1.54, 1.807) is 44.4 Å². The van der Waals surface area contributed by atoms with E-state index in [2.05, 4.69) is 5.32 Å². The fraction of sp³-hybridized carbons (Fsp3) is 0.231. The molecule has 0 unspecified atom stereocenters. The van der Waals surface area contributed by atoms with Crippen LogP contribution < -0.4 is 19.5 Å². The van der Waals surface area contributed by atoms with Crippen molar-refractivity contribution in [3.8, 4) is 17.2 Å². The van der Waals surface area contributed by atoms with Gasteiger partial charge in [0.05, 0.1) is 33.8 Å². The third kappa shape index (κ3) is 4.62. The van der Waals surface area contributed by atoms with Crippen LogP contribution in [-0.2, 0) is 11.3 Å². The number of amides is 2. The summed E-state index contributed by atoms with van der Waals surface area (Å²) >= 11 is 0. The molecule has 33 heavy (non-hydrogen) atoms. The third-order valence-corrected chi connectivity index (χ3v) is 5.77. The summed E-state index contributed by atoms with van der Waals surface area (Å²) in [5, 5.41) is 2.91. The number of benzene rings is 3. The van der Waals surface area contributed by atoms with Crippen molar-refractivity contribution in [2.75, 3.05) is 26.6 Å². The summed E-state index contributed by atoms with van der Waals surface area (Å²) in [6.45, 7) is 0.454. The lowest BCUT2D eigenvalue weighted by atomic mass is 10.0. The summed E-state index contributed by atoms with van der Waals surface area (Å²) in [6, 6.07) is 19.8. The molecule has 0 saturated heterocycles. The van der Waals surface area contributed by atoms with Crippen LogP contribution in [0.1, 0.15) is 33.9 Å². The maximum absolute atomic E-state index is 13.2. The number of hydrogen-bond donors (Lipinski definition) is 1. The van der Waals surface area contributed by atoms with Crippen LogP contribution in [0.3, 0.4) is 0 Å². The first-order chi connectivity index (χ1) is 16.0. The minimum Gasteiger partial charge on any atom is -0.497 e. The second-order valence-corrected chi connectivity index (χ2v) is 7.70. The number of nitrogens with zero attached hydrogens (tertiary/aromatic N) is 1. The molecule has 170 valence electrons. The first-order valence-corrected chi connectivity index (χ1v) is 10.6. The maximum Gasteiger partial charge on any atom is 0.255 e. The van der Waals surface area contributed by atoms with Crippen molar-refractivity contribution in [3.63, 3.8) is 0 Å². The van der Waals surface area contributed by atoms with Crippen LogP contribution in [-0.4, -0.2) is 38.0 Å². The molecule has 3 aromatic carbocycles. The molecule has 0 aliphatic carbocycles. The fourth-order valence-electron chi connectivity index (χ4n) is 4.06. The molecule has 1 aliphatic heterocycles. The van der Waals surface area contributed by atoms with E-state index >= 15 is 0 Å². The lowest BCUT2D eigenvalue weighted by molar-refractivity contribution is -0.117. The summed E-state index contributed by atoms with van der Waals surface area (Å²) < 4.78 is 15.8. The summed E-state index contributed by atoms with van der Waals surface area (Å²) in [7, 11) is 4.70. The Hall–Kier alpha value is -4.00. The van der Waals surface area contributed by atoms with Crippen molar-refractivity contribution in [2.24, 2.45) is 0 Å². The van der Waals surface area contributed by atoms with Crippen molar-refractivity contribution < 1.29 is 23.8 Å². The number of methoxy groups -OCH3 is 3. The second-order valence-electron chi connectivity index (χ2n) is 7.70. The first kappa shape index (κ1) is 22.2. The molecule has 0 saturated carbocycles. The molecule has 7 heteroatoms. The highest BCUT2D eigenvalue weighted by Crippen LogP contribution is 2.35. The fourth-order valence-corrected chi connectivity index (χ4v) is 4.06. The van der Waals surface area contributed by atoms with Gasteiger partial charge in [-0.2, -0.15) is 0 Å². The average molecular weight is 447 g/mol. The van der Waals surface area contributed by atoms with Crippen molar-refractivity contribution in [2.45, 2.75) is 19.0 Å². The smallest absolute Gasteiger partial charge is 0.255 e. The SMILES string of the molecule is COc1ccc([C@H](CC(=O)Nc2ccc(OC)c(OC)c2)N2Cc3ccccc3C2=O)cc1. The van der Waals surface area contributed by atoms with Crippen LogP contribution in [0.4, 0.5) is 5.69 Å². The Morgan fingerprint density at radius 1 is 0.939 bits per heavy atom. The van der Waals surface area contributed by atoms with E-state index in [0.29, 0.717) is 35.0 Å². The zero-order valence-electron chi connectivity index (χ0n) is 18.8. The number of nitrogens with one attached hydrogen (secondary N) is 1. The normalized spacial score (nSPS) is 13.3. The molecule has 0 aromatic heterocycles. The largest absolute Gasteiger partial charge is 0.497 e. The molecule has 0 bridgehead atoms. The van der Waals surface area contributed by atoms with E-state index in [1.165, 1.54) is 0 Å². The second kappa shape index (κ2) is 9.65. The Morgan fingerprint density at radius 3 is 2.33 bits per heavy atom. The van der Waals surface area contributed by atoms with E-state index in [1.807, 2.05) is 48.5 Å². The zero-order chi connectivity index (χ0) is 23.4. The predicted molar refractivity (Wildman–Crippen MR) is 125 cm³/mol. The highest BCUT2D eigenvalue weighted by Gasteiger charge is 2.34. The van der Waals surface area contributed by atoms with E-state index in [9.17, 15) is 9.59 Å². The van der Waals surface area contributed by atoms with Gasteiger partial charge in [0.25, 0.3) is 5.91 Å². The number of rotatable bonds is 8. The summed E-state index contributed by atoms with van der Waals surface area (Å²) in [5.41, 5.74) is 3.08. The van der Waals surface area contributed by atoms with Crippen LogP contribution in [0.15, 0.2) is 66.7 Å². The number of carbonyl (C=O) groups is 2. The number of anilines is 1. The Morgan fingerprint density at radius 2 is 1.67 bits per heavy atom. The van der Waals surface area contributed by atoms with Crippen LogP contribution in [0.25, 0.3) is 0 Å². The molecule has 7 nitrogen and oxygen atoms in total. The summed E-state index contributed by atoms with van der Waals surface area (Å²) in [4.78, 5) is 28.0. The van der Waals surface area contributed by atoms with Crippen LogP contribution in [0.5, 0.6) is 17.2 Å². The predicted octanol–water partition coefficient (Wildman–Crippen LogP) is 4.44. The molecule has 2 amide bonds. The Bertz CT molecular complexity index is 1160. The van der Waals surface area contributed by atoms with Gasteiger partial charge in [-0.15, -0.1) is 0 Å². The molecule has 1 heterocycles. The van der Waals surface area contributed by atoms with Gasteiger partial charge in [0.1, 0.15) is 5.75 Å². The van der Waals surface area contributed by atoms with Gasteiger partial charge in [0.2, 0.25) is 5.91 Å². The summed E-state index contributed by atoms with van der Waals surface area (Å²) in [5.74, 6) is 1.51. The molecule has 1 atom stereocenters. The van der Waals surface area contributed by atoms with Gasteiger partial charge in [0.15, 0.2) is 11.5 Å². The van der Waals surface area contributed by atoms with Gasteiger partial charge < -0.3 is 24.4 Å². The maximum atomic E-state index is 13.2. The van der Waals surface area contributed by atoms with Crippen LogP contribution in [0, 0.1) is 0 Å². The van der Waals surface area contributed by atoms with Crippen molar-refractivity contribution in [3.05, 3.63) is 83.4 Å². The Balaban J connectivity index is 1.59. The Kier molecular flexibility index (Phi) is 6.49. The van der Waals surface area contributed by atoms with Crippen LogP contribution in [0.2, 0.25) is 0 Å². The lowest BCUT2D eigenvalue weighted by Gasteiger charge is -2.28. The molecule has 0 fully saturated rings. The highest BCUT2D eigenvalue weighted by atomic mass is 16.5. The highest BCUT2D eigenvalue weighted by molar-refractivity contribution is 5.99. The molecule has 0 spiro atoms. The van der Waals surface area contributed by atoms with Gasteiger partial charge in [-0.05, 0) is 41.5 Å². The first-order valence-electron chi connectivity index (χ1n) is 10.6. The molecular formula is C26H26N2O5. The number of hydrogen-bond acceptors (Lipinski definition) is 5. The third-order valence-electron chi connectivity index (χ3n) is 5.77. The van der Waals surface area contributed by atoms with Gasteiger partial charge >= 0.3 is 0 Å². The van der Waals surface area contributed by atoms with Crippen molar-refractivity contribution >= 4 is 17.5 Å². The van der Waals surface area contributed by atoms with E-state index < -0.39 is 6.04 Å². The van der Waals surface area contributed by atoms with Crippen molar-refractivity contribution in [1.82, 2.24) is 4.90 Å². The van der Waals surface area contributed by atoms with Gasteiger partial charge in [-0.3, -0.25) is 9.59 Å². The topological polar surface area (TPSA) is 77.1 Å². The molecule has 1 N–H and O–H groups in total. The molecule has 0 radical (unpaired) electrons. The Labute approximate surface area is 192 Å². The van der Waals surface area contributed by atoms with Gasteiger partial charge in [-0.1, -0.05) is 30.3 Å². The number of carbonyl (C=O) groups excluding carboxylic acids is 2. The van der Waals surface area contributed by atoms with Crippen LogP contribution >= 0.6 is 0 Å². The van der Waals surface area contributed by atoms with Crippen molar-refractivity contribution in [1.29, 1.82) is 0 Å². The molecule has 1 aliphatic rings. The molecular weight excluding hydrogens is 420 g/mol.